The molecule has 0 spiro atoms. The van der Waals surface area contributed by atoms with E-state index in [0.717, 1.165) is 12.5 Å². The van der Waals surface area contributed by atoms with Gasteiger partial charge in [0.15, 0.2) is 0 Å². The van der Waals surface area contributed by atoms with Gasteiger partial charge in [0.2, 0.25) is 0 Å². The first-order valence-corrected chi connectivity index (χ1v) is 6.20. The largest absolute Gasteiger partial charge is 0.478 e. The second kappa shape index (κ2) is 6.31. The van der Waals surface area contributed by atoms with Crippen molar-refractivity contribution in [1.82, 2.24) is 5.32 Å². The molecule has 0 saturated heterocycles. The van der Waals surface area contributed by atoms with Gasteiger partial charge in [-0.25, -0.2) is 9.18 Å². The highest BCUT2D eigenvalue weighted by Gasteiger charge is 2.18. The number of carboxylic acid groups (broad SMARTS) is 1. The zero-order chi connectivity index (χ0) is 14.6. The number of amides is 1. The number of benzene rings is 1. The molecule has 0 bridgehead atoms. The van der Waals surface area contributed by atoms with Crippen LogP contribution in [-0.2, 0) is 0 Å². The summed E-state index contributed by atoms with van der Waals surface area (Å²) in [7, 11) is 0. The summed E-state index contributed by atoms with van der Waals surface area (Å²) < 4.78 is 13.7. The van der Waals surface area contributed by atoms with Crippen molar-refractivity contribution in [2.45, 2.75) is 33.2 Å². The normalized spacial score (nSPS) is 12.3. The summed E-state index contributed by atoms with van der Waals surface area (Å²) in [4.78, 5) is 22.6. The third kappa shape index (κ3) is 3.77. The predicted octanol–water partition coefficient (Wildman–Crippen LogP) is 2.69. The Balaban J connectivity index is 2.91. The van der Waals surface area contributed by atoms with Gasteiger partial charge in [-0.3, -0.25) is 4.79 Å². The van der Waals surface area contributed by atoms with Gasteiger partial charge in [0, 0.05) is 6.04 Å². The topological polar surface area (TPSA) is 66.4 Å². The Hall–Kier alpha value is -1.91. The molecule has 104 valence electrons. The summed E-state index contributed by atoms with van der Waals surface area (Å²) in [6.45, 7) is 5.88. The van der Waals surface area contributed by atoms with Crippen molar-refractivity contribution in [3.05, 3.63) is 35.1 Å². The summed E-state index contributed by atoms with van der Waals surface area (Å²) in [6.07, 6.45) is 0.748. The summed E-state index contributed by atoms with van der Waals surface area (Å²) in [5.41, 5.74) is -0.311. The summed E-state index contributed by atoms with van der Waals surface area (Å²) in [5, 5.41) is 11.5. The van der Waals surface area contributed by atoms with Crippen molar-refractivity contribution < 1.29 is 19.1 Å². The van der Waals surface area contributed by atoms with Crippen LogP contribution in [0.1, 0.15) is 47.9 Å². The first kappa shape index (κ1) is 15.1. The molecule has 0 heterocycles. The molecule has 0 saturated carbocycles. The third-order valence-electron chi connectivity index (χ3n) is 3.02. The first-order valence-electron chi connectivity index (χ1n) is 6.20. The Morgan fingerprint density at radius 2 is 2.00 bits per heavy atom. The first-order chi connectivity index (χ1) is 8.86. The molecule has 1 rings (SSSR count). The molecule has 1 unspecified atom stereocenters. The van der Waals surface area contributed by atoms with Crippen LogP contribution in [0.15, 0.2) is 18.2 Å². The number of carbonyl (C=O) groups is 2. The molecule has 1 atom stereocenters. The average Bonchev–Trinajstić information content (AvgIpc) is 2.34. The molecule has 0 fully saturated rings. The lowest BCUT2D eigenvalue weighted by Crippen LogP contribution is -2.38. The highest BCUT2D eigenvalue weighted by atomic mass is 19.1. The minimum Gasteiger partial charge on any atom is -0.478 e. The van der Waals surface area contributed by atoms with Crippen LogP contribution in [-0.4, -0.2) is 23.0 Å². The van der Waals surface area contributed by atoms with Crippen molar-refractivity contribution in [2.24, 2.45) is 5.92 Å². The molecule has 1 aromatic rings. The monoisotopic (exact) mass is 267 g/mol. The van der Waals surface area contributed by atoms with E-state index in [9.17, 15) is 14.0 Å². The molecule has 4 nitrogen and oxygen atoms in total. The van der Waals surface area contributed by atoms with Gasteiger partial charge in [-0.1, -0.05) is 20.8 Å². The van der Waals surface area contributed by atoms with E-state index in [1.807, 2.05) is 20.8 Å². The van der Waals surface area contributed by atoms with Crippen molar-refractivity contribution in [2.75, 3.05) is 0 Å². The lowest BCUT2D eigenvalue weighted by Gasteiger charge is -2.20. The van der Waals surface area contributed by atoms with Crippen LogP contribution in [0.3, 0.4) is 0 Å². The number of hydrogen-bond acceptors (Lipinski definition) is 2. The van der Waals surface area contributed by atoms with Gasteiger partial charge < -0.3 is 10.4 Å². The number of carbonyl (C=O) groups excluding carboxylic acids is 1. The lowest BCUT2D eigenvalue weighted by molar-refractivity contribution is 0.0695. The summed E-state index contributed by atoms with van der Waals surface area (Å²) in [5.74, 6) is -2.32. The Bertz CT molecular complexity index is 486. The standard InChI is InChI=1S/C14H18FNO3/c1-4-12(8(2)3)16-13(17)10-6-5-9(14(18)19)7-11(10)15/h5-8,12H,4H2,1-3H3,(H,16,17)(H,18,19). The molecular formula is C14H18FNO3. The van der Waals surface area contributed by atoms with Crippen LogP contribution in [0.5, 0.6) is 0 Å². The zero-order valence-corrected chi connectivity index (χ0v) is 11.2. The lowest BCUT2D eigenvalue weighted by atomic mass is 10.0. The minimum atomic E-state index is -1.22. The van der Waals surface area contributed by atoms with Crippen molar-refractivity contribution in [1.29, 1.82) is 0 Å². The third-order valence-corrected chi connectivity index (χ3v) is 3.02. The Morgan fingerprint density at radius 1 is 1.37 bits per heavy atom. The summed E-state index contributed by atoms with van der Waals surface area (Å²) in [6, 6.07) is 3.23. The maximum Gasteiger partial charge on any atom is 0.335 e. The van der Waals surface area contributed by atoms with E-state index in [4.69, 9.17) is 5.11 Å². The van der Waals surface area contributed by atoms with E-state index in [2.05, 4.69) is 5.32 Å². The minimum absolute atomic E-state index is 0.0361. The van der Waals surface area contributed by atoms with E-state index in [1.54, 1.807) is 0 Å². The molecule has 0 aliphatic rings. The number of hydrogen-bond donors (Lipinski definition) is 2. The fraction of sp³-hybridized carbons (Fsp3) is 0.429. The highest BCUT2D eigenvalue weighted by molar-refractivity contribution is 5.96. The van der Waals surface area contributed by atoms with Crippen LogP contribution in [0, 0.1) is 11.7 Å². The van der Waals surface area contributed by atoms with E-state index in [-0.39, 0.29) is 23.1 Å². The molecule has 0 aliphatic heterocycles. The molecule has 0 aliphatic carbocycles. The van der Waals surface area contributed by atoms with Gasteiger partial charge in [-0.15, -0.1) is 0 Å². The Morgan fingerprint density at radius 3 is 2.42 bits per heavy atom. The number of carboxylic acids is 1. The maximum atomic E-state index is 13.7. The smallest absolute Gasteiger partial charge is 0.335 e. The average molecular weight is 267 g/mol. The Labute approximate surface area is 111 Å². The SMILES string of the molecule is CCC(NC(=O)c1ccc(C(=O)O)cc1F)C(C)C. The Kier molecular flexibility index (Phi) is 5.03. The van der Waals surface area contributed by atoms with E-state index in [0.29, 0.717) is 0 Å². The van der Waals surface area contributed by atoms with Crippen molar-refractivity contribution in [3.8, 4) is 0 Å². The zero-order valence-electron chi connectivity index (χ0n) is 11.2. The second-order valence-electron chi connectivity index (χ2n) is 4.73. The molecule has 1 amide bonds. The number of rotatable bonds is 5. The highest BCUT2D eigenvalue weighted by Crippen LogP contribution is 2.13. The number of aromatic carboxylic acids is 1. The van der Waals surface area contributed by atoms with Crippen LogP contribution in [0.25, 0.3) is 0 Å². The second-order valence-corrected chi connectivity index (χ2v) is 4.73. The quantitative estimate of drug-likeness (QED) is 0.862. The van der Waals surface area contributed by atoms with Crippen LogP contribution in [0.4, 0.5) is 4.39 Å². The molecular weight excluding hydrogens is 249 g/mol. The van der Waals surface area contributed by atoms with E-state index >= 15 is 0 Å². The van der Waals surface area contributed by atoms with Gasteiger partial charge >= 0.3 is 5.97 Å². The van der Waals surface area contributed by atoms with Gasteiger partial charge in [0.05, 0.1) is 11.1 Å². The number of nitrogens with one attached hydrogen (secondary N) is 1. The van der Waals surface area contributed by atoms with Crippen molar-refractivity contribution >= 4 is 11.9 Å². The van der Waals surface area contributed by atoms with Gasteiger partial charge in [0.1, 0.15) is 5.82 Å². The molecule has 19 heavy (non-hydrogen) atoms. The molecule has 0 aromatic heterocycles. The molecule has 5 heteroatoms. The maximum absolute atomic E-state index is 13.7. The molecule has 2 N–H and O–H groups in total. The van der Waals surface area contributed by atoms with Gasteiger partial charge in [-0.2, -0.15) is 0 Å². The van der Waals surface area contributed by atoms with Gasteiger partial charge in [0.25, 0.3) is 5.91 Å². The van der Waals surface area contributed by atoms with E-state index in [1.165, 1.54) is 12.1 Å². The van der Waals surface area contributed by atoms with Crippen LogP contribution < -0.4 is 5.32 Å². The molecule has 1 aromatic carbocycles. The molecule has 0 radical (unpaired) electrons. The van der Waals surface area contributed by atoms with E-state index < -0.39 is 17.7 Å². The predicted molar refractivity (Wildman–Crippen MR) is 69.7 cm³/mol. The number of halogens is 1. The van der Waals surface area contributed by atoms with Crippen LogP contribution in [0.2, 0.25) is 0 Å². The fourth-order valence-corrected chi connectivity index (χ4v) is 1.82. The van der Waals surface area contributed by atoms with Crippen molar-refractivity contribution in [3.63, 3.8) is 0 Å². The van der Waals surface area contributed by atoms with Gasteiger partial charge in [-0.05, 0) is 30.5 Å². The van der Waals surface area contributed by atoms with Crippen LogP contribution >= 0.6 is 0 Å². The summed E-state index contributed by atoms with van der Waals surface area (Å²) >= 11 is 0. The fourth-order valence-electron chi connectivity index (χ4n) is 1.82.